The molecule has 0 radical (unpaired) electrons. The molecule has 1 atom stereocenters. The minimum atomic E-state index is -0.999. The van der Waals surface area contributed by atoms with Crippen LogP contribution < -0.4 is 10.1 Å². The zero-order valence-electron chi connectivity index (χ0n) is 18.5. The van der Waals surface area contributed by atoms with Crippen LogP contribution in [0.3, 0.4) is 0 Å². The van der Waals surface area contributed by atoms with Gasteiger partial charge < -0.3 is 19.0 Å². The third-order valence-electron chi connectivity index (χ3n) is 5.42. The molecule has 5 nitrogen and oxygen atoms in total. The maximum Gasteiger partial charge on any atom is 0.255 e. The van der Waals surface area contributed by atoms with Crippen LogP contribution in [0.15, 0.2) is 47.0 Å². The molecule has 168 valence electrons. The van der Waals surface area contributed by atoms with Crippen molar-refractivity contribution in [1.82, 2.24) is 9.88 Å². The number of benzene rings is 2. The molecule has 2 aromatic carbocycles. The number of alkyl halides is 1. The fourth-order valence-electron chi connectivity index (χ4n) is 3.90. The highest BCUT2D eigenvalue weighted by Gasteiger charge is 2.26. The summed E-state index contributed by atoms with van der Waals surface area (Å²) in [5, 5.41) is 3.96. The number of carbonyl (C=O) groups is 1. The van der Waals surface area contributed by atoms with E-state index in [1.165, 1.54) is 12.1 Å². The third-order valence-corrected chi connectivity index (χ3v) is 5.42. The predicted molar refractivity (Wildman–Crippen MR) is 121 cm³/mol. The highest BCUT2D eigenvalue weighted by molar-refractivity contribution is 6.17. The monoisotopic (exact) mass is 440 g/mol. The lowest BCUT2D eigenvalue weighted by Crippen LogP contribution is -2.18. The molecule has 32 heavy (non-hydrogen) atoms. The molecule has 0 aliphatic rings. The van der Waals surface area contributed by atoms with Crippen LogP contribution in [0, 0.1) is 5.82 Å². The summed E-state index contributed by atoms with van der Waals surface area (Å²) in [6, 6.07) is 9.40. The average molecular weight is 440 g/mol. The number of hydrogen-bond acceptors (Lipinski definition) is 3. The Morgan fingerprint density at radius 3 is 2.53 bits per heavy atom. The molecule has 1 N–H and O–H groups in total. The molecule has 2 aromatic heterocycles. The van der Waals surface area contributed by atoms with Gasteiger partial charge in [0.1, 0.15) is 29.1 Å². The first kappa shape index (κ1) is 21.9. The SMILES string of the molecule is CCC(F)Cn1ccc2c3oc(-c4ccc(F)cc4)c(C(=O)NC)c3cc(OC(C)C)c21. The van der Waals surface area contributed by atoms with E-state index in [1.54, 1.807) is 38.4 Å². The van der Waals surface area contributed by atoms with E-state index < -0.39 is 6.17 Å². The van der Waals surface area contributed by atoms with Crippen LogP contribution in [0.2, 0.25) is 0 Å². The lowest BCUT2D eigenvalue weighted by molar-refractivity contribution is 0.0964. The zero-order chi connectivity index (χ0) is 23.0. The van der Waals surface area contributed by atoms with Gasteiger partial charge >= 0.3 is 0 Å². The maximum absolute atomic E-state index is 14.2. The number of rotatable bonds is 7. The number of halogens is 2. The molecule has 0 spiro atoms. The van der Waals surface area contributed by atoms with Crippen LogP contribution in [0.5, 0.6) is 5.75 Å². The maximum atomic E-state index is 14.2. The number of hydrogen-bond donors (Lipinski definition) is 1. The van der Waals surface area contributed by atoms with Crippen molar-refractivity contribution in [3.63, 3.8) is 0 Å². The first-order valence-electron chi connectivity index (χ1n) is 10.7. The molecule has 1 amide bonds. The lowest BCUT2D eigenvalue weighted by atomic mass is 10.0. The highest BCUT2D eigenvalue weighted by atomic mass is 19.1. The fourth-order valence-corrected chi connectivity index (χ4v) is 3.90. The summed E-state index contributed by atoms with van der Waals surface area (Å²) in [4.78, 5) is 12.9. The van der Waals surface area contributed by atoms with Gasteiger partial charge in [-0.25, -0.2) is 8.78 Å². The van der Waals surface area contributed by atoms with Gasteiger partial charge in [-0.3, -0.25) is 4.79 Å². The van der Waals surface area contributed by atoms with E-state index in [0.717, 1.165) is 5.39 Å². The van der Waals surface area contributed by atoms with E-state index in [1.807, 2.05) is 24.5 Å². The number of furan rings is 1. The van der Waals surface area contributed by atoms with Gasteiger partial charge in [0.15, 0.2) is 0 Å². The molecule has 0 saturated heterocycles. The summed E-state index contributed by atoms with van der Waals surface area (Å²) in [7, 11) is 1.54. The van der Waals surface area contributed by atoms with Crippen LogP contribution in [0.4, 0.5) is 8.78 Å². The van der Waals surface area contributed by atoms with Crippen LogP contribution in [0.25, 0.3) is 33.2 Å². The van der Waals surface area contributed by atoms with Crippen molar-refractivity contribution in [2.75, 3.05) is 7.05 Å². The second kappa shape index (κ2) is 8.65. The molecular weight excluding hydrogens is 414 g/mol. The summed E-state index contributed by atoms with van der Waals surface area (Å²) in [5.41, 5.74) is 2.13. The minimum absolute atomic E-state index is 0.127. The molecule has 1 unspecified atom stereocenters. The van der Waals surface area contributed by atoms with Crippen molar-refractivity contribution in [2.45, 2.75) is 46.0 Å². The third kappa shape index (κ3) is 3.83. The highest BCUT2D eigenvalue weighted by Crippen LogP contribution is 2.42. The van der Waals surface area contributed by atoms with Crippen molar-refractivity contribution in [2.24, 2.45) is 0 Å². The first-order valence-corrected chi connectivity index (χ1v) is 10.7. The quantitative estimate of drug-likeness (QED) is 0.378. The first-order chi connectivity index (χ1) is 15.3. The number of fused-ring (bicyclic) bond motifs is 3. The molecule has 4 aromatic rings. The van der Waals surface area contributed by atoms with Crippen LogP contribution >= 0.6 is 0 Å². The van der Waals surface area contributed by atoms with Crippen molar-refractivity contribution < 1.29 is 22.7 Å². The Hall–Kier alpha value is -3.35. The summed E-state index contributed by atoms with van der Waals surface area (Å²) in [5.74, 6) is 0.182. The molecule has 0 aliphatic heterocycles. The second-order valence-electron chi connectivity index (χ2n) is 8.05. The van der Waals surface area contributed by atoms with E-state index >= 15 is 0 Å². The van der Waals surface area contributed by atoms with Gasteiger partial charge in [0, 0.05) is 29.6 Å². The topological polar surface area (TPSA) is 56.4 Å². The molecule has 0 saturated carbocycles. The molecule has 0 bridgehead atoms. The van der Waals surface area contributed by atoms with Gasteiger partial charge in [-0.05, 0) is 56.7 Å². The molecule has 7 heteroatoms. The fraction of sp³-hybridized carbons (Fsp3) is 0.320. The van der Waals surface area contributed by atoms with Gasteiger partial charge in [0.2, 0.25) is 0 Å². The van der Waals surface area contributed by atoms with Gasteiger partial charge in [0.25, 0.3) is 5.91 Å². The number of ether oxygens (including phenoxy) is 1. The zero-order valence-corrected chi connectivity index (χ0v) is 18.5. The Balaban J connectivity index is 2.05. The van der Waals surface area contributed by atoms with Crippen LogP contribution in [0.1, 0.15) is 37.6 Å². The smallest absolute Gasteiger partial charge is 0.255 e. The molecular formula is C25H26F2N2O3. The van der Waals surface area contributed by atoms with E-state index in [-0.39, 0.29) is 24.4 Å². The number of aromatic nitrogens is 1. The van der Waals surface area contributed by atoms with Gasteiger partial charge in [-0.1, -0.05) is 6.92 Å². The number of amides is 1. The van der Waals surface area contributed by atoms with Gasteiger partial charge in [0.05, 0.1) is 23.7 Å². The van der Waals surface area contributed by atoms with Crippen molar-refractivity contribution in [1.29, 1.82) is 0 Å². The van der Waals surface area contributed by atoms with Crippen molar-refractivity contribution in [3.05, 3.63) is 54.0 Å². The number of nitrogens with zero attached hydrogens (tertiary/aromatic N) is 1. The van der Waals surface area contributed by atoms with E-state index in [0.29, 0.717) is 45.5 Å². The van der Waals surface area contributed by atoms with Crippen LogP contribution in [-0.4, -0.2) is 29.8 Å². The largest absolute Gasteiger partial charge is 0.489 e. The Morgan fingerprint density at radius 2 is 1.91 bits per heavy atom. The van der Waals surface area contributed by atoms with Gasteiger partial charge in [-0.15, -0.1) is 0 Å². The molecule has 4 rings (SSSR count). The van der Waals surface area contributed by atoms with Crippen molar-refractivity contribution >= 4 is 27.8 Å². The van der Waals surface area contributed by atoms with Crippen molar-refractivity contribution in [3.8, 4) is 17.1 Å². The standard InChI is InChI=1S/C25H26F2N2O3/c1-5-16(26)13-29-11-10-18-22(29)20(31-14(2)3)12-19-21(25(30)28-4)23(32-24(18)19)15-6-8-17(27)9-7-15/h6-12,14,16H,5,13H2,1-4H3,(H,28,30). The number of nitrogens with one attached hydrogen (secondary N) is 1. The van der Waals surface area contributed by atoms with E-state index in [9.17, 15) is 13.6 Å². The van der Waals surface area contributed by atoms with E-state index in [2.05, 4.69) is 5.32 Å². The summed E-state index contributed by atoms with van der Waals surface area (Å²) in [6.45, 7) is 5.81. The molecule has 0 fully saturated rings. The Bertz CT molecular complexity index is 1270. The number of carbonyl (C=O) groups excluding carboxylic acids is 1. The molecule has 2 heterocycles. The average Bonchev–Trinajstić information content (AvgIpc) is 3.35. The summed E-state index contributed by atoms with van der Waals surface area (Å²) >= 11 is 0. The summed E-state index contributed by atoms with van der Waals surface area (Å²) < 4.78 is 41.9. The Labute approximate surface area is 185 Å². The Morgan fingerprint density at radius 1 is 1.19 bits per heavy atom. The lowest BCUT2D eigenvalue weighted by Gasteiger charge is -2.15. The van der Waals surface area contributed by atoms with Crippen LogP contribution in [-0.2, 0) is 6.54 Å². The predicted octanol–water partition coefficient (Wildman–Crippen LogP) is 6.09. The second-order valence-corrected chi connectivity index (χ2v) is 8.05. The summed E-state index contributed by atoms with van der Waals surface area (Å²) in [6.07, 6.45) is 1.08. The van der Waals surface area contributed by atoms with E-state index in [4.69, 9.17) is 9.15 Å². The van der Waals surface area contributed by atoms with Gasteiger partial charge in [-0.2, -0.15) is 0 Å². The minimum Gasteiger partial charge on any atom is -0.489 e. The Kier molecular flexibility index (Phi) is 5.91. The normalized spacial score (nSPS) is 12.6. The molecule has 0 aliphatic carbocycles.